The minimum absolute atomic E-state index is 0.0626. The molecule has 29 heavy (non-hydrogen) atoms. The summed E-state index contributed by atoms with van der Waals surface area (Å²) in [6, 6.07) is 0. The zero-order valence-corrected chi connectivity index (χ0v) is 17.6. The molecule has 1 aromatic carbocycles. The van der Waals surface area contributed by atoms with Crippen LogP contribution >= 0.6 is 0 Å². The quantitative estimate of drug-likeness (QED) is 0.750. The van der Waals surface area contributed by atoms with Crippen LogP contribution in [-0.4, -0.2) is 42.8 Å². The fourth-order valence-electron chi connectivity index (χ4n) is 5.65. The second-order valence-electron chi connectivity index (χ2n) is 9.35. The van der Waals surface area contributed by atoms with Crippen LogP contribution in [0.2, 0.25) is 0 Å². The number of benzene rings is 1. The van der Waals surface area contributed by atoms with Gasteiger partial charge in [0.05, 0.1) is 13.2 Å². The Kier molecular flexibility index (Phi) is 3.94. The van der Waals surface area contributed by atoms with E-state index in [0.29, 0.717) is 55.0 Å². The average molecular weight is 403 g/mol. The minimum atomic E-state index is -0.824. The van der Waals surface area contributed by atoms with E-state index in [-0.39, 0.29) is 29.1 Å². The van der Waals surface area contributed by atoms with Gasteiger partial charge in [0.25, 0.3) is 5.91 Å². The number of carbonyl (C=O) groups excluding carboxylic acids is 1. The molecule has 7 nitrogen and oxygen atoms in total. The molecule has 2 N–H and O–H groups in total. The predicted molar refractivity (Wildman–Crippen MR) is 104 cm³/mol. The number of aromatic hydroxyl groups is 1. The third-order valence-electron chi connectivity index (χ3n) is 7.47. The molecule has 0 spiro atoms. The van der Waals surface area contributed by atoms with Gasteiger partial charge in [-0.15, -0.1) is 0 Å². The minimum Gasteiger partial charge on any atom is -0.507 e. The highest BCUT2D eigenvalue weighted by Gasteiger charge is 2.55. The number of phenols is 1. The molecule has 1 amide bonds. The Hall–Kier alpha value is -1.99. The van der Waals surface area contributed by atoms with E-state index >= 15 is 0 Å². The van der Waals surface area contributed by atoms with Gasteiger partial charge in [0.15, 0.2) is 0 Å². The topological polar surface area (TPSA) is 86.3 Å². The van der Waals surface area contributed by atoms with E-state index in [2.05, 4.69) is 19.2 Å². The van der Waals surface area contributed by atoms with Gasteiger partial charge in [0.1, 0.15) is 22.8 Å². The van der Waals surface area contributed by atoms with Crippen LogP contribution in [-0.2, 0) is 22.3 Å². The monoisotopic (exact) mass is 403 g/mol. The first-order valence-electron chi connectivity index (χ1n) is 10.5. The number of carbonyl (C=O) groups is 1. The maximum Gasteiger partial charge on any atom is 0.258 e. The molecule has 0 unspecified atom stereocenters. The summed E-state index contributed by atoms with van der Waals surface area (Å²) in [5.41, 5.74) is 1.68. The van der Waals surface area contributed by atoms with Crippen LogP contribution in [0.5, 0.6) is 17.2 Å². The van der Waals surface area contributed by atoms with E-state index in [1.54, 1.807) is 7.05 Å². The van der Waals surface area contributed by atoms with Crippen molar-refractivity contribution in [3.05, 3.63) is 16.7 Å². The first-order valence-corrected chi connectivity index (χ1v) is 10.5. The van der Waals surface area contributed by atoms with Crippen molar-refractivity contribution in [2.75, 3.05) is 20.3 Å². The van der Waals surface area contributed by atoms with E-state index in [4.69, 9.17) is 18.9 Å². The Morgan fingerprint density at radius 1 is 0.966 bits per heavy atom. The first kappa shape index (κ1) is 19.0. The van der Waals surface area contributed by atoms with Gasteiger partial charge in [-0.3, -0.25) is 4.79 Å². The summed E-state index contributed by atoms with van der Waals surface area (Å²) in [6.07, 6.45) is 1.26. The molecule has 0 aromatic heterocycles. The lowest BCUT2D eigenvalue weighted by molar-refractivity contribution is -0.174. The molecule has 4 heterocycles. The maximum absolute atomic E-state index is 12.8. The third-order valence-corrected chi connectivity index (χ3v) is 7.47. The SMILES string of the molecule is CNC(=O)c1c(O)c2c(c3c1O[C@@]1(C)OC[C@H](C)[C@H]1C3)O[C@@]1(C)OC[C@H](C)[C@H]1C2. The number of fused-ring (bicyclic) bond motifs is 5. The molecular weight excluding hydrogens is 374 g/mol. The molecule has 4 aliphatic rings. The van der Waals surface area contributed by atoms with Crippen molar-refractivity contribution in [2.45, 2.75) is 52.1 Å². The van der Waals surface area contributed by atoms with E-state index in [9.17, 15) is 9.90 Å². The van der Waals surface area contributed by atoms with Gasteiger partial charge in [0, 0.05) is 43.9 Å². The highest BCUT2D eigenvalue weighted by molar-refractivity contribution is 6.01. The molecule has 1 aromatic rings. The molecule has 0 radical (unpaired) electrons. The van der Waals surface area contributed by atoms with Gasteiger partial charge in [-0.1, -0.05) is 13.8 Å². The molecule has 2 saturated heterocycles. The number of ether oxygens (including phenoxy) is 4. The number of rotatable bonds is 1. The largest absolute Gasteiger partial charge is 0.507 e. The molecule has 158 valence electrons. The van der Waals surface area contributed by atoms with Crippen molar-refractivity contribution in [2.24, 2.45) is 23.7 Å². The lowest BCUT2D eigenvalue weighted by Gasteiger charge is -2.43. The Labute approximate surface area is 170 Å². The smallest absolute Gasteiger partial charge is 0.258 e. The van der Waals surface area contributed by atoms with Gasteiger partial charge >= 0.3 is 0 Å². The zero-order valence-electron chi connectivity index (χ0n) is 17.6. The summed E-state index contributed by atoms with van der Waals surface area (Å²) in [6.45, 7) is 9.37. The van der Waals surface area contributed by atoms with Crippen LogP contribution in [0.1, 0.15) is 49.2 Å². The molecular formula is C22H29NO6. The maximum atomic E-state index is 12.8. The Morgan fingerprint density at radius 2 is 1.48 bits per heavy atom. The molecule has 4 aliphatic heterocycles. The lowest BCUT2D eigenvalue weighted by atomic mass is 9.77. The number of phenolic OH excluding ortho intramolecular Hbond substituents is 1. The highest BCUT2D eigenvalue weighted by atomic mass is 16.7. The van der Waals surface area contributed by atoms with Crippen molar-refractivity contribution < 1.29 is 28.8 Å². The lowest BCUT2D eigenvalue weighted by Crippen LogP contribution is -2.47. The number of amides is 1. The van der Waals surface area contributed by atoms with Crippen LogP contribution < -0.4 is 14.8 Å². The second-order valence-corrected chi connectivity index (χ2v) is 9.35. The normalized spacial score (nSPS) is 39.5. The number of hydrogen-bond acceptors (Lipinski definition) is 6. The molecule has 6 atom stereocenters. The Bertz CT molecular complexity index is 900. The Balaban J connectivity index is 1.72. The van der Waals surface area contributed by atoms with Gasteiger partial charge in [-0.05, 0) is 24.7 Å². The van der Waals surface area contributed by atoms with Crippen molar-refractivity contribution in [3.63, 3.8) is 0 Å². The van der Waals surface area contributed by atoms with Crippen LogP contribution in [0.4, 0.5) is 0 Å². The summed E-state index contributed by atoms with van der Waals surface area (Å²) in [7, 11) is 1.55. The number of nitrogens with one attached hydrogen (secondary N) is 1. The first-order chi connectivity index (χ1) is 13.7. The fraction of sp³-hybridized carbons (Fsp3) is 0.682. The highest BCUT2D eigenvalue weighted by Crippen LogP contribution is 2.57. The molecule has 2 fully saturated rings. The summed E-state index contributed by atoms with van der Waals surface area (Å²) < 4.78 is 24.7. The predicted octanol–water partition coefficient (Wildman–Crippen LogP) is 2.62. The second kappa shape index (κ2) is 6.01. The fourth-order valence-corrected chi connectivity index (χ4v) is 5.65. The molecule has 0 aliphatic carbocycles. The van der Waals surface area contributed by atoms with Crippen molar-refractivity contribution in [1.82, 2.24) is 5.32 Å². The molecule has 0 saturated carbocycles. The molecule has 7 heteroatoms. The van der Waals surface area contributed by atoms with Crippen LogP contribution in [0, 0.1) is 23.7 Å². The molecule has 0 bridgehead atoms. The van der Waals surface area contributed by atoms with Crippen molar-refractivity contribution in [1.29, 1.82) is 0 Å². The van der Waals surface area contributed by atoms with Crippen molar-refractivity contribution >= 4 is 5.91 Å². The summed E-state index contributed by atoms with van der Waals surface area (Å²) in [5.74, 6) is -0.161. The average Bonchev–Trinajstić information content (AvgIpc) is 3.14. The summed E-state index contributed by atoms with van der Waals surface area (Å²) in [5, 5.41) is 13.8. The van der Waals surface area contributed by atoms with Gasteiger partial charge in [-0.2, -0.15) is 0 Å². The zero-order chi connectivity index (χ0) is 20.7. The Morgan fingerprint density at radius 3 is 2.03 bits per heavy atom. The van der Waals surface area contributed by atoms with Crippen LogP contribution in [0.25, 0.3) is 0 Å². The van der Waals surface area contributed by atoms with Gasteiger partial charge in [-0.25, -0.2) is 0 Å². The van der Waals surface area contributed by atoms with Crippen molar-refractivity contribution in [3.8, 4) is 17.2 Å². The third kappa shape index (κ3) is 2.46. The van der Waals surface area contributed by atoms with E-state index in [0.717, 1.165) is 5.56 Å². The van der Waals surface area contributed by atoms with E-state index < -0.39 is 11.6 Å². The van der Waals surface area contributed by atoms with E-state index in [1.165, 1.54) is 0 Å². The van der Waals surface area contributed by atoms with E-state index in [1.807, 2.05) is 13.8 Å². The van der Waals surface area contributed by atoms with Gasteiger partial charge in [0.2, 0.25) is 11.6 Å². The number of hydrogen-bond donors (Lipinski definition) is 2. The molecule has 5 rings (SSSR count). The standard InChI is InChI=1S/C22H29NO6/c1-10-8-26-21(3)14(10)6-12-17(24)16(20(25)23-5)19-13(18(12)28-21)7-15-11(2)9-27-22(15,4)29-19/h10-11,14-15,24H,6-9H2,1-5H3,(H,23,25)/t10-,11-,14+,15+,21+,22+/m0/s1. The van der Waals surface area contributed by atoms with Crippen LogP contribution in [0.15, 0.2) is 0 Å². The van der Waals surface area contributed by atoms with Crippen LogP contribution in [0.3, 0.4) is 0 Å². The van der Waals surface area contributed by atoms with Gasteiger partial charge < -0.3 is 29.4 Å². The summed E-state index contributed by atoms with van der Waals surface area (Å²) in [4.78, 5) is 12.8. The summed E-state index contributed by atoms with van der Waals surface area (Å²) >= 11 is 0.